The van der Waals surface area contributed by atoms with Crippen LogP contribution in [-0.2, 0) is 6.61 Å². The third-order valence-corrected chi connectivity index (χ3v) is 5.94. The van der Waals surface area contributed by atoms with Crippen LogP contribution in [0.4, 0.5) is 0 Å². The molecule has 0 fully saturated rings. The number of nitrogens with zero attached hydrogens (tertiary/aromatic N) is 1. The number of thiophene rings is 1. The number of nitrogens with one attached hydrogen (secondary N) is 1. The molecular formula is C23H17ClN2O2S. The first-order valence-electron chi connectivity index (χ1n) is 8.98. The smallest absolute Gasteiger partial charge is 0.283 e. The molecular weight excluding hydrogens is 404 g/mol. The maximum absolute atomic E-state index is 12.5. The van der Waals surface area contributed by atoms with E-state index in [1.807, 2.05) is 78.9 Å². The molecule has 1 aromatic heterocycles. The molecule has 0 saturated heterocycles. The van der Waals surface area contributed by atoms with Gasteiger partial charge in [-0.05, 0) is 23.8 Å². The Bertz CT molecular complexity index is 1170. The Morgan fingerprint density at radius 2 is 1.72 bits per heavy atom. The summed E-state index contributed by atoms with van der Waals surface area (Å²) in [5.74, 6) is 0.351. The average molecular weight is 421 g/mol. The molecule has 0 atom stereocenters. The van der Waals surface area contributed by atoms with Gasteiger partial charge in [-0.1, -0.05) is 72.3 Å². The zero-order chi connectivity index (χ0) is 20.1. The van der Waals surface area contributed by atoms with Crippen LogP contribution in [-0.4, -0.2) is 12.1 Å². The Kier molecular flexibility index (Phi) is 5.89. The number of carbonyl (C=O) groups excluding carboxylic acids is 1. The molecule has 1 N–H and O–H groups in total. The summed E-state index contributed by atoms with van der Waals surface area (Å²) in [5.41, 5.74) is 4.40. The number of carbonyl (C=O) groups is 1. The fraction of sp³-hybridized carbons (Fsp3) is 0.0435. The Labute approximate surface area is 177 Å². The molecule has 3 aromatic carbocycles. The molecule has 4 rings (SSSR count). The lowest BCUT2D eigenvalue weighted by atomic mass is 10.2. The van der Waals surface area contributed by atoms with Crippen LogP contribution in [0.5, 0.6) is 5.75 Å². The molecule has 0 bridgehead atoms. The lowest BCUT2D eigenvalue weighted by Gasteiger charge is -2.08. The van der Waals surface area contributed by atoms with E-state index in [-0.39, 0.29) is 5.91 Å². The van der Waals surface area contributed by atoms with E-state index in [0.29, 0.717) is 22.3 Å². The molecule has 0 radical (unpaired) electrons. The van der Waals surface area contributed by atoms with Crippen LogP contribution < -0.4 is 10.2 Å². The standard InChI is InChI=1S/C23H17ClN2O2S/c24-21-18-11-5-7-13-20(18)29-22(21)23(27)26-25-14-17-10-4-6-12-19(17)28-15-16-8-2-1-3-9-16/h1-14H,15H2,(H,26,27). The Balaban J connectivity index is 1.45. The third kappa shape index (κ3) is 4.47. The summed E-state index contributed by atoms with van der Waals surface area (Å²) in [4.78, 5) is 12.9. The SMILES string of the molecule is O=C(NN=Cc1ccccc1OCc1ccccc1)c1sc2ccccc2c1Cl. The molecule has 0 aliphatic heterocycles. The summed E-state index contributed by atoms with van der Waals surface area (Å²) in [7, 11) is 0. The van der Waals surface area contributed by atoms with Gasteiger partial charge in [-0.15, -0.1) is 11.3 Å². The van der Waals surface area contributed by atoms with Crippen LogP contribution in [0.1, 0.15) is 20.8 Å². The van der Waals surface area contributed by atoms with Gasteiger partial charge in [0.15, 0.2) is 0 Å². The van der Waals surface area contributed by atoms with Gasteiger partial charge in [0.25, 0.3) is 5.91 Å². The average Bonchev–Trinajstić information content (AvgIpc) is 3.10. The van der Waals surface area contributed by atoms with E-state index in [4.69, 9.17) is 16.3 Å². The number of fused-ring (bicyclic) bond motifs is 1. The van der Waals surface area contributed by atoms with Crippen molar-refractivity contribution in [2.45, 2.75) is 6.61 Å². The molecule has 4 aromatic rings. The molecule has 0 aliphatic rings. The Hall–Kier alpha value is -3.15. The Morgan fingerprint density at radius 3 is 2.55 bits per heavy atom. The number of hydrogen-bond donors (Lipinski definition) is 1. The van der Waals surface area contributed by atoms with Crippen molar-refractivity contribution in [3.8, 4) is 5.75 Å². The second-order valence-corrected chi connectivity index (χ2v) is 7.68. The highest BCUT2D eigenvalue weighted by molar-refractivity contribution is 7.21. The quantitative estimate of drug-likeness (QED) is 0.312. The van der Waals surface area contributed by atoms with Crippen LogP contribution in [0.25, 0.3) is 10.1 Å². The summed E-state index contributed by atoms with van der Waals surface area (Å²) in [6.07, 6.45) is 1.57. The fourth-order valence-corrected chi connectivity index (χ4v) is 4.23. The van der Waals surface area contributed by atoms with Gasteiger partial charge < -0.3 is 4.74 Å². The van der Waals surface area contributed by atoms with E-state index in [1.165, 1.54) is 11.3 Å². The van der Waals surface area contributed by atoms with Crippen molar-refractivity contribution in [3.05, 3.63) is 99.9 Å². The van der Waals surface area contributed by atoms with Crippen LogP contribution in [0, 0.1) is 0 Å². The minimum atomic E-state index is -0.338. The molecule has 0 spiro atoms. The van der Waals surface area contributed by atoms with Gasteiger partial charge in [0.05, 0.1) is 11.2 Å². The van der Waals surface area contributed by atoms with Crippen LogP contribution >= 0.6 is 22.9 Å². The highest BCUT2D eigenvalue weighted by atomic mass is 35.5. The second kappa shape index (κ2) is 8.90. The van der Waals surface area contributed by atoms with Gasteiger partial charge in [-0.25, -0.2) is 5.43 Å². The first-order chi connectivity index (χ1) is 14.2. The minimum Gasteiger partial charge on any atom is -0.488 e. The number of rotatable bonds is 6. The van der Waals surface area contributed by atoms with Crippen molar-refractivity contribution >= 4 is 45.1 Å². The normalized spacial score (nSPS) is 11.1. The van der Waals surface area contributed by atoms with Crippen molar-refractivity contribution in [1.82, 2.24) is 5.43 Å². The van der Waals surface area contributed by atoms with Crippen molar-refractivity contribution in [2.24, 2.45) is 5.10 Å². The molecule has 29 heavy (non-hydrogen) atoms. The van der Waals surface area contributed by atoms with Crippen molar-refractivity contribution in [3.63, 3.8) is 0 Å². The Morgan fingerprint density at radius 1 is 1.00 bits per heavy atom. The molecule has 0 saturated carbocycles. The monoisotopic (exact) mass is 420 g/mol. The van der Waals surface area contributed by atoms with Crippen molar-refractivity contribution < 1.29 is 9.53 Å². The van der Waals surface area contributed by atoms with E-state index in [0.717, 1.165) is 21.2 Å². The number of hydrogen-bond acceptors (Lipinski definition) is 4. The van der Waals surface area contributed by atoms with Crippen molar-refractivity contribution in [2.75, 3.05) is 0 Å². The van der Waals surface area contributed by atoms with E-state index in [2.05, 4.69) is 10.5 Å². The second-order valence-electron chi connectivity index (χ2n) is 6.25. The maximum Gasteiger partial charge on any atom is 0.283 e. The molecule has 4 nitrogen and oxygen atoms in total. The van der Waals surface area contributed by atoms with Crippen LogP contribution in [0.2, 0.25) is 5.02 Å². The number of amides is 1. The first-order valence-corrected chi connectivity index (χ1v) is 10.2. The van der Waals surface area contributed by atoms with Gasteiger partial charge >= 0.3 is 0 Å². The molecule has 1 amide bonds. The first kappa shape index (κ1) is 19.2. The summed E-state index contributed by atoms with van der Waals surface area (Å²) in [5, 5.41) is 5.41. The molecule has 0 unspecified atom stereocenters. The number of ether oxygens (including phenoxy) is 1. The van der Waals surface area contributed by atoms with Crippen LogP contribution in [0.15, 0.2) is 84.0 Å². The van der Waals surface area contributed by atoms with Crippen LogP contribution in [0.3, 0.4) is 0 Å². The van der Waals surface area contributed by atoms with Gasteiger partial charge in [0.1, 0.15) is 17.2 Å². The van der Waals surface area contributed by atoms with E-state index < -0.39 is 0 Å². The molecule has 0 aliphatic carbocycles. The number of hydrazone groups is 1. The largest absolute Gasteiger partial charge is 0.488 e. The zero-order valence-corrected chi connectivity index (χ0v) is 16.9. The molecule has 6 heteroatoms. The molecule has 144 valence electrons. The van der Waals surface area contributed by atoms with Gasteiger partial charge in [0, 0.05) is 15.6 Å². The number of halogens is 1. The molecule has 1 heterocycles. The summed E-state index contributed by atoms with van der Waals surface area (Å²) in [6.45, 7) is 0.454. The maximum atomic E-state index is 12.5. The zero-order valence-electron chi connectivity index (χ0n) is 15.3. The highest BCUT2D eigenvalue weighted by Gasteiger charge is 2.16. The van der Waals surface area contributed by atoms with Gasteiger partial charge in [-0.2, -0.15) is 5.10 Å². The van der Waals surface area contributed by atoms with Gasteiger partial charge in [0.2, 0.25) is 0 Å². The van der Waals surface area contributed by atoms with E-state index >= 15 is 0 Å². The summed E-state index contributed by atoms with van der Waals surface area (Å²) < 4.78 is 6.87. The van der Waals surface area contributed by atoms with Gasteiger partial charge in [-0.3, -0.25) is 4.79 Å². The summed E-state index contributed by atoms with van der Waals surface area (Å²) >= 11 is 7.69. The lowest BCUT2D eigenvalue weighted by Crippen LogP contribution is -2.16. The lowest BCUT2D eigenvalue weighted by molar-refractivity contribution is 0.0959. The summed E-state index contributed by atoms with van der Waals surface area (Å²) in [6, 6.07) is 25.1. The predicted octanol–water partition coefficient (Wildman–Crippen LogP) is 5.90. The third-order valence-electron chi connectivity index (χ3n) is 4.27. The van der Waals surface area contributed by atoms with Crippen molar-refractivity contribution in [1.29, 1.82) is 0 Å². The van der Waals surface area contributed by atoms with E-state index in [1.54, 1.807) is 6.21 Å². The number of benzene rings is 3. The minimum absolute atomic E-state index is 0.338. The highest BCUT2D eigenvalue weighted by Crippen LogP contribution is 2.34. The predicted molar refractivity (Wildman–Crippen MR) is 119 cm³/mol. The van der Waals surface area contributed by atoms with E-state index in [9.17, 15) is 4.79 Å². The fourth-order valence-electron chi connectivity index (χ4n) is 2.83. The topological polar surface area (TPSA) is 50.7 Å². The number of para-hydroxylation sites is 1.